The maximum absolute atomic E-state index is 4.48. The molecule has 0 aliphatic carbocycles. The SMILES string of the molecule is Cc1cccc(CC/C=C/c2ccccc2)n1. The number of nitrogens with zero attached hydrogens (tertiary/aromatic N) is 1. The van der Waals surface area contributed by atoms with E-state index in [1.807, 2.05) is 19.1 Å². The molecule has 0 bridgehead atoms. The Hall–Kier alpha value is -1.89. The first-order chi connectivity index (χ1) is 8.34. The van der Waals surface area contributed by atoms with Gasteiger partial charge in [0.05, 0.1) is 0 Å². The van der Waals surface area contributed by atoms with Crippen LogP contribution in [0, 0.1) is 6.92 Å². The second-order valence-corrected chi connectivity index (χ2v) is 4.12. The Morgan fingerprint density at radius 2 is 1.82 bits per heavy atom. The van der Waals surface area contributed by atoms with Gasteiger partial charge in [0, 0.05) is 11.4 Å². The average Bonchev–Trinajstić information content (AvgIpc) is 2.36. The van der Waals surface area contributed by atoms with Crippen LogP contribution in [0.25, 0.3) is 6.08 Å². The number of hydrogen-bond donors (Lipinski definition) is 0. The van der Waals surface area contributed by atoms with Crippen LogP contribution in [-0.4, -0.2) is 4.98 Å². The maximum Gasteiger partial charge on any atom is 0.0409 e. The molecule has 86 valence electrons. The summed E-state index contributed by atoms with van der Waals surface area (Å²) in [5, 5.41) is 0. The maximum atomic E-state index is 4.48. The van der Waals surface area contributed by atoms with Crippen LogP contribution in [0.5, 0.6) is 0 Å². The van der Waals surface area contributed by atoms with Gasteiger partial charge in [-0.1, -0.05) is 48.6 Å². The van der Waals surface area contributed by atoms with E-state index >= 15 is 0 Å². The fourth-order valence-corrected chi connectivity index (χ4v) is 1.75. The minimum Gasteiger partial charge on any atom is -0.258 e. The summed E-state index contributed by atoms with van der Waals surface area (Å²) in [4.78, 5) is 4.48. The standard InChI is InChI=1S/C16H17N/c1-14-8-7-13-16(17-14)12-6-5-11-15-9-3-2-4-10-15/h2-5,7-11,13H,6,12H2,1H3/b11-5+. The van der Waals surface area contributed by atoms with Crippen LogP contribution in [0.15, 0.2) is 54.6 Å². The van der Waals surface area contributed by atoms with Gasteiger partial charge in [-0.2, -0.15) is 0 Å². The molecule has 0 aliphatic rings. The van der Waals surface area contributed by atoms with Gasteiger partial charge in [0.25, 0.3) is 0 Å². The van der Waals surface area contributed by atoms with Crippen molar-refractivity contribution in [2.75, 3.05) is 0 Å². The lowest BCUT2D eigenvalue weighted by molar-refractivity contribution is 0.932. The molecule has 0 saturated heterocycles. The van der Waals surface area contributed by atoms with Crippen molar-refractivity contribution in [1.82, 2.24) is 4.98 Å². The first kappa shape index (κ1) is 11.6. The van der Waals surface area contributed by atoms with E-state index in [0.29, 0.717) is 0 Å². The highest BCUT2D eigenvalue weighted by molar-refractivity contribution is 5.48. The number of pyridine rings is 1. The Kier molecular flexibility index (Phi) is 4.09. The molecule has 2 rings (SSSR count). The van der Waals surface area contributed by atoms with E-state index < -0.39 is 0 Å². The quantitative estimate of drug-likeness (QED) is 0.762. The number of aryl methyl sites for hydroxylation is 2. The summed E-state index contributed by atoms with van der Waals surface area (Å²) in [6.07, 6.45) is 6.41. The van der Waals surface area contributed by atoms with Crippen molar-refractivity contribution in [2.24, 2.45) is 0 Å². The molecule has 17 heavy (non-hydrogen) atoms. The zero-order valence-corrected chi connectivity index (χ0v) is 10.1. The van der Waals surface area contributed by atoms with Gasteiger partial charge in [-0.15, -0.1) is 0 Å². The molecule has 0 unspecified atom stereocenters. The third-order valence-corrected chi connectivity index (χ3v) is 2.62. The summed E-state index contributed by atoms with van der Waals surface area (Å²) in [5.74, 6) is 0. The van der Waals surface area contributed by atoms with E-state index in [2.05, 4.69) is 53.5 Å². The molecule has 0 fully saturated rings. The fraction of sp³-hybridized carbons (Fsp3) is 0.188. The summed E-state index contributed by atoms with van der Waals surface area (Å²) in [6, 6.07) is 16.6. The topological polar surface area (TPSA) is 12.9 Å². The second-order valence-electron chi connectivity index (χ2n) is 4.12. The highest BCUT2D eigenvalue weighted by Gasteiger charge is 1.92. The van der Waals surface area contributed by atoms with Crippen molar-refractivity contribution in [2.45, 2.75) is 19.8 Å². The van der Waals surface area contributed by atoms with Gasteiger partial charge >= 0.3 is 0 Å². The Bertz CT molecular complexity index is 486. The number of allylic oxidation sites excluding steroid dienone is 1. The highest BCUT2D eigenvalue weighted by atomic mass is 14.7. The van der Waals surface area contributed by atoms with E-state index in [1.54, 1.807) is 0 Å². The molecular formula is C16H17N. The molecule has 1 nitrogen and oxygen atoms in total. The zero-order valence-electron chi connectivity index (χ0n) is 10.1. The molecule has 1 aromatic carbocycles. The number of rotatable bonds is 4. The van der Waals surface area contributed by atoms with E-state index in [9.17, 15) is 0 Å². The van der Waals surface area contributed by atoms with Crippen LogP contribution in [0.1, 0.15) is 23.4 Å². The lowest BCUT2D eigenvalue weighted by Crippen LogP contribution is -1.90. The van der Waals surface area contributed by atoms with Crippen molar-refractivity contribution < 1.29 is 0 Å². The minimum absolute atomic E-state index is 1.00. The summed E-state index contributed by atoms with van der Waals surface area (Å²) < 4.78 is 0. The number of aromatic nitrogens is 1. The first-order valence-corrected chi connectivity index (χ1v) is 5.99. The molecule has 0 spiro atoms. The van der Waals surface area contributed by atoms with Gasteiger partial charge in [0.1, 0.15) is 0 Å². The van der Waals surface area contributed by atoms with Gasteiger partial charge in [0.15, 0.2) is 0 Å². The average molecular weight is 223 g/mol. The summed E-state index contributed by atoms with van der Waals surface area (Å²) >= 11 is 0. The fourth-order valence-electron chi connectivity index (χ4n) is 1.75. The highest BCUT2D eigenvalue weighted by Crippen LogP contribution is 2.05. The third kappa shape index (κ3) is 3.87. The van der Waals surface area contributed by atoms with E-state index in [-0.39, 0.29) is 0 Å². The lowest BCUT2D eigenvalue weighted by atomic mass is 10.1. The molecular weight excluding hydrogens is 206 g/mol. The van der Waals surface area contributed by atoms with Gasteiger partial charge in [-0.25, -0.2) is 0 Å². The Morgan fingerprint density at radius 1 is 1.00 bits per heavy atom. The van der Waals surface area contributed by atoms with Crippen LogP contribution in [-0.2, 0) is 6.42 Å². The number of hydrogen-bond acceptors (Lipinski definition) is 1. The zero-order chi connectivity index (χ0) is 11.9. The normalized spacial score (nSPS) is 10.9. The molecule has 0 amide bonds. The van der Waals surface area contributed by atoms with Crippen LogP contribution >= 0.6 is 0 Å². The first-order valence-electron chi connectivity index (χ1n) is 5.99. The van der Waals surface area contributed by atoms with Crippen molar-refractivity contribution in [3.63, 3.8) is 0 Å². The van der Waals surface area contributed by atoms with Crippen LogP contribution in [0.2, 0.25) is 0 Å². The van der Waals surface area contributed by atoms with Crippen molar-refractivity contribution in [3.05, 3.63) is 71.6 Å². The van der Waals surface area contributed by atoms with Gasteiger partial charge in [-0.3, -0.25) is 4.98 Å². The van der Waals surface area contributed by atoms with Gasteiger partial charge in [0.2, 0.25) is 0 Å². The lowest BCUT2D eigenvalue weighted by Gasteiger charge is -1.98. The van der Waals surface area contributed by atoms with Gasteiger partial charge in [-0.05, 0) is 37.5 Å². The summed E-state index contributed by atoms with van der Waals surface area (Å²) in [7, 11) is 0. The molecule has 1 heteroatoms. The number of benzene rings is 1. The summed E-state index contributed by atoms with van der Waals surface area (Å²) in [6.45, 7) is 2.03. The Labute approximate surface area is 103 Å². The molecule has 1 aromatic heterocycles. The Balaban J connectivity index is 1.86. The van der Waals surface area contributed by atoms with Crippen molar-refractivity contribution in [3.8, 4) is 0 Å². The van der Waals surface area contributed by atoms with Crippen molar-refractivity contribution in [1.29, 1.82) is 0 Å². The predicted molar refractivity (Wildman–Crippen MR) is 72.8 cm³/mol. The molecule has 0 atom stereocenters. The van der Waals surface area contributed by atoms with E-state index in [1.165, 1.54) is 11.3 Å². The molecule has 0 N–H and O–H groups in total. The molecule has 1 heterocycles. The molecule has 2 aromatic rings. The molecule has 0 saturated carbocycles. The smallest absolute Gasteiger partial charge is 0.0409 e. The van der Waals surface area contributed by atoms with E-state index in [0.717, 1.165) is 18.5 Å². The van der Waals surface area contributed by atoms with Gasteiger partial charge < -0.3 is 0 Å². The predicted octanol–water partition coefficient (Wildman–Crippen LogP) is 4.04. The summed E-state index contributed by atoms with van der Waals surface area (Å²) in [5.41, 5.74) is 3.52. The molecule has 0 aliphatic heterocycles. The second kappa shape index (κ2) is 6.00. The van der Waals surface area contributed by atoms with Crippen molar-refractivity contribution >= 4 is 6.08 Å². The molecule has 0 radical (unpaired) electrons. The van der Waals surface area contributed by atoms with Crippen LogP contribution in [0.4, 0.5) is 0 Å². The monoisotopic (exact) mass is 223 g/mol. The third-order valence-electron chi connectivity index (χ3n) is 2.62. The Morgan fingerprint density at radius 3 is 2.59 bits per heavy atom. The van der Waals surface area contributed by atoms with Crippen LogP contribution in [0.3, 0.4) is 0 Å². The van der Waals surface area contributed by atoms with E-state index in [4.69, 9.17) is 0 Å². The minimum atomic E-state index is 1.00. The van der Waals surface area contributed by atoms with Crippen LogP contribution < -0.4 is 0 Å². The largest absolute Gasteiger partial charge is 0.258 e.